The van der Waals surface area contributed by atoms with Gasteiger partial charge in [-0.15, -0.1) is 0 Å². The third kappa shape index (κ3) is 4.22. The predicted molar refractivity (Wildman–Crippen MR) is 122 cm³/mol. The third-order valence-corrected chi connectivity index (χ3v) is 6.33. The van der Waals surface area contributed by atoms with E-state index >= 15 is 0 Å². The number of aromatic nitrogens is 5. The molecule has 0 spiro atoms. The highest BCUT2D eigenvalue weighted by molar-refractivity contribution is 5.87. The zero-order valence-corrected chi connectivity index (χ0v) is 19.9. The molecule has 1 saturated heterocycles. The standard InChI is InChI=1S/C24H21F5N6O2/c1-13-33-20(16-10-32-35(21(16)34-13)15-5-7-19(26)30-9-15)31-12-23(24(27,28)29)11-22(2,37-23)17-8-14(25)4-6-18(17)36-3/h4-10H,11-12H2,1-3H3,(H,31,33,34). The van der Waals surface area contributed by atoms with E-state index in [-0.39, 0.29) is 23.0 Å². The molecule has 5 rings (SSSR count). The van der Waals surface area contributed by atoms with Crippen LogP contribution >= 0.6 is 0 Å². The lowest BCUT2D eigenvalue weighted by Gasteiger charge is -2.55. The van der Waals surface area contributed by atoms with Gasteiger partial charge in [0.2, 0.25) is 5.95 Å². The van der Waals surface area contributed by atoms with Crippen molar-refractivity contribution in [3.8, 4) is 11.4 Å². The largest absolute Gasteiger partial charge is 0.496 e. The van der Waals surface area contributed by atoms with Crippen molar-refractivity contribution in [2.75, 3.05) is 19.0 Å². The molecule has 13 heteroatoms. The zero-order chi connectivity index (χ0) is 26.6. The first kappa shape index (κ1) is 24.8. The summed E-state index contributed by atoms with van der Waals surface area (Å²) in [6.45, 7) is 2.37. The first-order valence-electron chi connectivity index (χ1n) is 11.1. The molecule has 0 aliphatic carbocycles. The molecule has 1 N–H and O–H groups in total. The normalized spacial score (nSPS) is 21.6. The van der Waals surface area contributed by atoms with Crippen molar-refractivity contribution in [3.63, 3.8) is 0 Å². The summed E-state index contributed by atoms with van der Waals surface area (Å²) in [7, 11) is 1.35. The number of pyridine rings is 1. The Bertz CT molecular complexity index is 1470. The number of alkyl halides is 3. The number of ether oxygens (including phenoxy) is 2. The second-order valence-electron chi connectivity index (χ2n) is 8.95. The van der Waals surface area contributed by atoms with Gasteiger partial charge in [0.1, 0.15) is 23.2 Å². The Morgan fingerprint density at radius 1 is 1.14 bits per heavy atom. The highest BCUT2D eigenvalue weighted by atomic mass is 19.4. The van der Waals surface area contributed by atoms with Crippen LogP contribution in [0.5, 0.6) is 5.75 Å². The summed E-state index contributed by atoms with van der Waals surface area (Å²) < 4.78 is 82.1. The molecule has 1 aromatic carbocycles. The summed E-state index contributed by atoms with van der Waals surface area (Å²) >= 11 is 0. The number of anilines is 1. The van der Waals surface area contributed by atoms with Crippen molar-refractivity contribution in [2.45, 2.75) is 37.6 Å². The van der Waals surface area contributed by atoms with E-state index in [1.807, 2.05) is 0 Å². The fraction of sp³-hybridized carbons (Fsp3) is 0.333. The van der Waals surface area contributed by atoms with Crippen molar-refractivity contribution in [1.29, 1.82) is 0 Å². The summed E-state index contributed by atoms with van der Waals surface area (Å²) in [5, 5.41) is 7.32. The van der Waals surface area contributed by atoms with Crippen LogP contribution in [0.4, 0.5) is 27.8 Å². The van der Waals surface area contributed by atoms with Gasteiger partial charge in [0.15, 0.2) is 11.2 Å². The number of methoxy groups -OCH3 is 1. The fourth-order valence-electron chi connectivity index (χ4n) is 4.63. The number of nitrogens with one attached hydrogen (secondary N) is 1. The predicted octanol–water partition coefficient (Wildman–Crippen LogP) is 4.85. The number of fused-ring (bicyclic) bond motifs is 1. The number of benzene rings is 1. The maximum Gasteiger partial charge on any atom is 0.419 e. The lowest BCUT2D eigenvalue weighted by molar-refractivity contribution is -0.380. The molecule has 3 aromatic heterocycles. The lowest BCUT2D eigenvalue weighted by atomic mass is 9.75. The van der Waals surface area contributed by atoms with Gasteiger partial charge in [0.05, 0.1) is 42.7 Å². The molecule has 37 heavy (non-hydrogen) atoms. The van der Waals surface area contributed by atoms with Crippen LogP contribution in [0.25, 0.3) is 16.7 Å². The quantitative estimate of drug-likeness (QED) is 0.287. The molecule has 8 nitrogen and oxygen atoms in total. The molecule has 4 aromatic rings. The first-order valence-corrected chi connectivity index (χ1v) is 11.1. The van der Waals surface area contributed by atoms with Gasteiger partial charge in [-0.3, -0.25) is 0 Å². The van der Waals surface area contributed by atoms with Crippen molar-refractivity contribution in [3.05, 3.63) is 65.9 Å². The zero-order valence-electron chi connectivity index (χ0n) is 19.9. The van der Waals surface area contributed by atoms with Crippen LogP contribution in [0.15, 0.2) is 42.7 Å². The highest BCUT2D eigenvalue weighted by Gasteiger charge is 2.68. The Hall–Kier alpha value is -3.87. The summed E-state index contributed by atoms with van der Waals surface area (Å²) in [4.78, 5) is 12.2. The first-order chi connectivity index (χ1) is 17.4. The molecule has 0 bridgehead atoms. The smallest absolute Gasteiger partial charge is 0.419 e. The molecular weight excluding hydrogens is 499 g/mol. The molecule has 2 atom stereocenters. The molecule has 194 valence electrons. The molecule has 0 amide bonds. The number of aryl methyl sites for hydroxylation is 1. The van der Waals surface area contributed by atoms with E-state index in [1.165, 1.54) is 43.2 Å². The summed E-state index contributed by atoms with van der Waals surface area (Å²) in [5.74, 6) is -0.669. The average molecular weight is 520 g/mol. The molecule has 1 fully saturated rings. The summed E-state index contributed by atoms with van der Waals surface area (Å²) in [6.07, 6.45) is -2.58. The molecule has 1 aliphatic rings. The summed E-state index contributed by atoms with van der Waals surface area (Å²) in [6, 6.07) is 6.22. The maximum atomic E-state index is 14.3. The van der Waals surface area contributed by atoms with Gasteiger partial charge in [0.25, 0.3) is 0 Å². The van der Waals surface area contributed by atoms with Gasteiger partial charge in [-0.2, -0.15) is 22.7 Å². The fourth-order valence-corrected chi connectivity index (χ4v) is 4.63. The average Bonchev–Trinajstić information content (AvgIpc) is 3.24. The van der Waals surface area contributed by atoms with Gasteiger partial charge in [-0.25, -0.2) is 24.0 Å². The van der Waals surface area contributed by atoms with Crippen LogP contribution in [-0.4, -0.2) is 50.2 Å². The van der Waals surface area contributed by atoms with Crippen molar-refractivity contribution < 1.29 is 31.4 Å². The van der Waals surface area contributed by atoms with Gasteiger partial charge < -0.3 is 14.8 Å². The van der Waals surface area contributed by atoms with Gasteiger partial charge in [-0.05, 0) is 44.2 Å². The molecule has 0 radical (unpaired) electrons. The number of hydrogen-bond acceptors (Lipinski definition) is 7. The van der Waals surface area contributed by atoms with Crippen molar-refractivity contribution >= 4 is 16.9 Å². The van der Waals surface area contributed by atoms with E-state index in [1.54, 1.807) is 6.92 Å². The lowest BCUT2D eigenvalue weighted by Crippen LogP contribution is -2.67. The van der Waals surface area contributed by atoms with E-state index in [4.69, 9.17) is 9.47 Å². The van der Waals surface area contributed by atoms with E-state index < -0.39 is 42.1 Å². The van der Waals surface area contributed by atoms with Crippen LogP contribution in [0.1, 0.15) is 24.7 Å². The van der Waals surface area contributed by atoms with E-state index in [0.29, 0.717) is 16.7 Å². The van der Waals surface area contributed by atoms with E-state index in [0.717, 1.165) is 18.2 Å². The van der Waals surface area contributed by atoms with Gasteiger partial charge in [0, 0.05) is 12.0 Å². The third-order valence-electron chi connectivity index (χ3n) is 6.33. The van der Waals surface area contributed by atoms with E-state index in [2.05, 4.69) is 25.4 Å². The Morgan fingerprint density at radius 3 is 2.54 bits per heavy atom. The molecule has 0 saturated carbocycles. The number of rotatable bonds is 6. The topological polar surface area (TPSA) is 87.0 Å². The second kappa shape index (κ2) is 8.61. The summed E-state index contributed by atoms with van der Waals surface area (Å²) in [5.41, 5.74) is -3.10. The van der Waals surface area contributed by atoms with Crippen molar-refractivity contribution in [2.24, 2.45) is 0 Å². The molecule has 4 heterocycles. The highest BCUT2D eigenvalue weighted by Crippen LogP contribution is 2.57. The molecular formula is C24H21F5N6O2. The van der Waals surface area contributed by atoms with Crippen LogP contribution in [0.2, 0.25) is 0 Å². The SMILES string of the molecule is COc1ccc(F)cc1C1(C)CC(CNc2nc(C)nc3c2cnn3-c2ccc(F)nc2)(C(F)(F)F)O1. The minimum absolute atomic E-state index is 0.119. The van der Waals surface area contributed by atoms with Crippen molar-refractivity contribution in [1.82, 2.24) is 24.7 Å². The minimum atomic E-state index is -4.74. The molecule has 1 aliphatic heterocycles. The monoisotopic (exact) mass is 520 g/mol. The number of nitrogens with zero attached hydrogens (tertiary/aromatic N) is 5. The second-order valence-corrected chi connectivity index (χ2v) is 8.95. The van der Waals surface area contributed by atoms with Crippen LogP contribution in [0.3, 0.4) is 0 Å². The van der Waals surface area contributed by atoms with Crippen LogP contribution in [-0.2, 0) is 10.3 Å². The Morgan fingerprint density at radius 2 is 1.89 bits per heavy atom. The minimum Gasteiger partial charge on any atom is -0.496 e. The van der Waals surface area contributed by atoms with E-state index in [9.17, 15) is 22.0 Å². The molecule has 2 unspecified atom stereocenters. The Balaban J connectivity index is 1.45. The van der Waals surface area contributed by atoms with Crippen LogP contribution < -0.4 is 10.1 Å². The van der Waals surface area contributed by atoms with Gasteiger partial charge in [-0.1, -0.05) is 0 Å². The Labute approximate surface area is 207 Å². The number of halogens is 5. The maximum absolute atomic E-state index is 14.3. The van der Waals surface area contributed by atoms with Crippen LogP contribution in [0, 0.1) is 18.7 Å². The number of hydrogen-bond donors (Lipinski definition) is 1. The Kier molecular flexibility index (Phi) is 5.77. The van der Waals surface area contributed by atoms with Gasteiger partial charge >= 0.3 is 6.18 Å².